The molecule has 2 rings (SSSR count). The number of hydrogen-bond donors (Lipinski definition) is 2. The van der Waals surface area contributed by atoms with Gasteiger partial charge >= 0.3 is 0 Å². The number of halogens is 1. The van der Waals surface area contributed by atoms with Gasteiger partial charge in [0.2, 0.25) is 5.91 Å². The van der Waals surface area contributed by atoms with Crippen LogP contribution >= 0.6 is 15.9 Å². The third kappa shape index (κ3) is 4.46. The van der Waals surface area contributed by atoms with E-state index in [0.29, 0.717) is 18.9 Å². The number of rotatable bonds is 6. The molecule has 22 heavy (non-hydrogen) atoms. The van der Waals surface area contributed by atoms with Crippen molar-refractivity contribution < 1.29 is 4.79 Å². The van der Waals surface area contributed by atoms with Gasteiger partial charge < -0.3 is 16.0 Å². The summed E-state index contributed by atoms with van der Waals surface area (Å²) in [6.45, 7) is 6.58. The van der Waals surface area contributed by atoms with E-state index in [1.165, 1.54) is 5.69 Å². The lowest BCUT2D eigenvalue weighted by atomic mass is 9.96. The molecule has 1 aliphatic heterocycles. The molecule has 0 saturated carbocycles. The highest BCUT2D eigenvalue weighted by Crippen LogP contribution is 2.26. The number of nitrogens with one attached hydrogen (secondary N) is 1. The molecule has 4 nitrogen and oxygen atoms in total. The SMILES string of the molecule is CCCC(C)(N)C(=O)NCC1CCN(c2cccc(Br)c2)C1. The molecule has 2 atom stereocenters. The minimum atomic E-state index is -0.753. The average Bonchev–Trinajstić information content (AvgIpc) is 2.93. The molecule has 1 aromatic rings. The Bertz CT molecular complexity index is 518. The van der Waals surface area contributed by atoms with Crippen molar-refractivity contribution in [1.82, 2.24) is 5.32 Å². The van der Waals surface area contributed by atoms with Crippen molar-refractivity contribution in [2.75, 3.05) is 24.5 Å². The van der Waals surface area contributed by atoms with E-state index in [9.17, 15) is 4.79 Å². The average molecular weight is 368 g/mol. The maximum absolute atomic E-state index is 12.2. The van der Waals surface area contributed by atoms with Crippen LogP contribution in [0.5, 0.6) is 0 Å². The number of hydrogen-bond acceptors (Lipinski definition) is 3. The highest BCUT2D eigenvalue weighted by Gasteiger charge is 2.29. The minimum Gasteiger partial charge on any atom is -0.371 e. The maximum atomic E-state index is 12.2. The summed E-state index contributed by atoms with van der Waals surface area (Å²) in [4.78, 5) is 14.5. The standard InChI is InChI=1S/C17H26BrN3O/c1-3-8-17(2,19)16(22)20-11-13-7-9-21(12-13)15-6-4-5-14(18)10-15/h4-6,10,13H,3,7-9,11-12,19H2,1-2H3,(H,20,22). The van der Waals surface area contributed by atoms with Crippen molar-refractivity contribution in [2.45, 2.75) is 38.6 Å². The lowest BCUT2D eigenvalue weighted by molar-refractivity contribution is -0.126. The van der Waals surface area contributed by atoms with Crippen LogP contribution in [0.1, 0.15) is 33.1 Å². The molecule has 0 aromatic heterocycles. The summed E-state index contributed by atoms with van der Waals surface area (Å²) in [6.07, 6.45) is 2.73. The van der Waals surface area contributed by atoms with E-state index in [4.69, 9.17) is 5.73 Å². The second-order valence-corrected chi connectivity index (χ2v) is 7.37. The van der Waals surface area contributed by atoms with Gasteiger partial charge in [-0.2, -0.15) is 0 Å². The van der Waals surface area contributed by atoms with Crippen molar-refractivity contribution in [1.29, 1.82) is 0 Å². The predicted octanol–water partition coefficient (Wildman–Crippen LogP) is 2.91. The molecule has 3 N–H and O–H groups in total. The van der Waals surface area contributed by atoms with Crippen LogP contribution in [0.2, 0.25) is 0 Å². The fourth-order valence-electron chi connectivity index (χ4n) is 2.98. The minimum absolute atomic E-state index is 0.0322. The molecule has 5 heteroatoms. The summed E-state index contributed by atoms with van der Waals surface area (Å²) in [5.41, 5.74) is 6.54. The number of anilines is 1. The first-order chi connectivity index (χ1) is 10.4. The molecule has 1 heterocycles. The van der Waals surface area contributed by atoms with Crippen molar-refractivity contribution in [3.8, 4) is 0 Å². The smallest absolute Gasteiger partial charge is 0.239 e. The van der Waals surface area contributed by atoms with Crippen LogP contribution in [0.15, 0.2) is 28.7 Å². The lowest BCUT2D eigenvalue weighted by Gasteiger charge is -2.24. The van der Waals surface area contributed by atoms with E-state index in [1.54, 1.807) is 0 Å². The van der Waals surface area contributed by atoms with Crippen LogP contribution in [-0.2, 0) is 4.79 Å². The van der Waals surface area contributed by atoms with Crippen LogP contribution in [-0.4, -0.2) is 31.1 Å². The van der Waals surface area contributed by atoms with Crippen molar-refractivity contribution in [3.05, 3.63) is 28.7 Å². The Labute approximate surface area is 141 Å². The van der Waals surface area contributed by atoms with Crippen LogP contribution in [0.25, 0.3) is 0 Å². The largest absolute Gasteiger partial charge is 0.371 e. The molecule has 0 spiro atoms. The van der Waals surface area contributed by atoms with Crippen LogP contribution in [0, 0.1) is 5.92 Å². The zero-order chi connectivity index (χ0) is 16.2. The third-order valence-corrected chi connectivity index (χ3v) is 4.79. The first kappa shape index (κ1) is 17.3. The van der Waals surface area contributed by atoms with Crippen LogP contribution < -0.4 is 16.0 Å². The van der Waals surface area contributed by atoms with E-state index >= 15 is 0 Å². The normalized spacial score (nSPS) is 20.7. The number of carbonyl (C=O) groups is 1. The fourth-order valence-corrected chi connectivity index (χ4v) is 3.37. The van der Waals surface area contributed by atoms with E-state index in [-0.39, 0.29) is 5.91 Å². The van der Waals surface area contributed by atoms with Gasteiger partial charge in [-0.3, -0.25) is 4.79 Å². The molecule has 0 radical (unpaired) electrons. The summed E-state index contributed by atoms with van der Waals surface area (Å²) in [6, 6.07) is 8.36. The van der Waals surface area contributed by atoms with Crippen LogP contribution in [0.3, 0.4) is 0 Å². The molecule has 1 amide bonds. The summed E-state index contributed by atoms with van der Waals surface area (Å²) >= 11 is 3.51. The Kier molecular flexibility index (Phi) is 5.87. The van der Waals surface area contributed by atoms with Gasteiger partial charge in [0.15, 0.2) is 0 Å². The fraction of sp³-hybridized carbons (Fsp3) is 0.588. The van der Waals surface area contributed by atoms with Gasteiger partial charge in [-0.15, -0.1) is 0 Å². The third-order valence-electron chi connectivity index (χ3n) is 4.30. The lowest BCUT2D eigenvalue weighted by Crippen LogP contribution is -2.52. The summed E-state index contributed by atoms with van der Waals surface area (Å²) < 4.78 is 1.10. The molecular formula is C17H26BrN3O. The van der Waals surface area contributed by atoms with Gasteiger partial charge in [0, 0.05) is 29.8 Å². The Hall–Kier alpha value is -1.07. The summed E-state index contributed by atoms with van der Waals surface area (Å²) in [5.74, 6) is 0.454. The highest BCUT2D eigenvalue weighted by molar-refractivity contribution is 9.10. The molecule has 1 fully saturated rings. The topological polar surface area (TPSA) is 58.4 Å². The molecule has 1 saturated heterocycles. The van der Waals surface area contributed by atoms with Gasteiger partial charge in [-0.05, 0) is 43.9 Å². The Morgan fingerprint density at radius 1 is 1.55 bits per heavy atom. The highest BCUT2D eigenvalue weighted by atomic mass is 79.9. The molecule has 1 aliphatic rings. The number of benzene rings is 1. The van der Waals surface area contributed by atoms with Crippen molar-refractivity contribution >= 4 is 27.5 Å². The second-order valence-electron chi connectivity index (χ2n) is 6.46. The number of amides is 1. The van der Waals surface area contributed by atoms with Gasteiger partial charge in [-0.25, -0.2) is 0 Å². The first-order valence-corrected chi connectivity index (χ1v) is 8.79. The number of carbonyl (C=O) groups excluding carboxylic acids is 1. The van der Waals surface area contributed by atoms with Crippen molar-refractivity contribution in [2.24, 2.45) is 11.7 Å². The quantitative estimate of drug-likeness (QED) is 0.812. The van der Waals surface area contributed by atoms with Gasteiger partial charge in [-0.1, -0.05) is 35.3 Å². The number of nitrogens with zero attached hydrogens (tertiary/aromatic N) is 1. The Morgan fingerprint density at radius 3 is 3.00 bits per heavy atom. The Balaban J connectivity index is 1.83. The summed E-state index contributed by atoms with van der Waals surface area (Å²) in [5, 5.41) is 3.03. The van der Waals surface area contributed by atoms with Gasteiger partial charge in [0.25, 0.3) is 0 Å². The van der Waals surface area contributed by atoms with E-state index in [1.807, 2.05) is 19.9 Å². The molecular weight excluding hydrogens is 342 g/mol. The second kappa shape index (κ2) is 7.47. The number of nitrogens with two attached hydrogens (primary N) is 1. The monoisotopic (exact) mass is 367 g/mol. The summed E-state index contributed by atoms with van der Waals surface area (Å²) in [7, 11) is 0. The van der Waals surface area contributed by atoms with E-state index in [0.717, 1.165) is 30.4 Å². The van der Waals surface area contributed by atoms with Crippen LogP contribution in [0.4, 0.5) is 5.69 Å². The molecule has 1 aromatic carbocycles. The molecule has 122 valence electrons. The van der Waals surface area contributed by atoms with Crippen molar-refractivity contribution in [3.63, 3.8) is 0 Å². The maximum Gasteiger partial charge on any atom is 0.239 e. The van der Waals surface area contributed by atoms with E-state index in [2.05, 4.69) is 44.3 Å². The molecule has 2 unspecified atom stereocenters. The Morgan fingerprint density at radius 2 is 2.32 bits per heavy atom. The van der Waals surface area contributed by atoms with E-state index < -0.39 is 5.54 Å². The zero-order valence-corrected chi connectivity index (χ0v) is 15.0. The first-order valence-electron chi connectivity index (χ1n) is 8.00. The molecule has 0 bridgehead atoms. The predicted molar refractivity (Wildman–Crippen MR) is 95.0 cm³/mol. The zero-order valence-electron chi connectivity index (χ0n) is 13.4. The van der Waals surface area contributed by atoms with Gasteiger partial charge in [0.1, 0.15) is 0 Å². The van der Waals surface area contributed by atoms with Gasteiger partial charge in [0.05, 0.1) is 5.54 Å². The molecule has 0 aliphatic carbocycles.